The van der Waals surface area contributed by atoms with Crippen molar-refractivity contribution in [2.75, 3.05) is 7.05 Å². The average Bonchev–Trinajstić information content (AvgIpc) is 2.95. The van der Waals surface area contributed by atoms with E-state index in [1.165, 1.54) is 4.31 Å². The first kappa shape index (κ1) is 15.5. The van der Waals surface area contributed by atoms with E-state index in [1.807, 2.05) is 0 Å². The molecule has 0 spiro atoms. The second kappa shape index (κ2) is 6.01. The molecule has 0 unspecified atom stereocenters. The van der Waals surface area contributed by atoms with E-state index in [0.717, 1.165) is 25.7 Å². The van der Waals surface area contributed by atoms with E-state index in [1.54, 1.807) is 37.4 Å². The van der Waals surface area contributed by atoms with Crippen molar-refractivity contribution >= 4 is 15.9 Å². The van der Waals surface area contributed by atoms with E-state index in [-0.39, 0.29) is 16.8 Å². The number of nitrogens with zero attached hydrogens (tertiary/aromatic N) is 1. The fourth-order valence-corrected chi connectivity index (χ4v) is 5.76. The Morgan fingerprint density at radius 3 is 2.55 bits per heavy atom. The lowest BCUT2D eigenvalue weighted by atomic mass is 9.85. The van der Waals surface area contributed by atoms with Crippen LogP contribution >= 0.6 is 0 Å². The number of hydrogen-bond acceptors (Lipinski definition) is 3. The van der Waals surface area contributed by atoms with Crippen molar-refractivity contribution in [3.63, 3.8) is 0 Å². The lowest BCUT2D eigenvalue weighted by Gasteiger charge is -2.32. The minimum absolute atomic E-state index is 0.0405. The zero-order valence-electron chi connectivity index (χ0n) is 12.7. The fraction of sp³-hybridized carbons (Fsp3) is 0.562. The minimum Gasteiger partial charge on any atom is -0.358 e. The molecule has 1 saturated carbocycles. The van der Waals surface area contributed by atoms with Crippen molar-refractivity contribution in [3.05, 3.63) is 30.3 Å². The quantitative estimate of drug-likeness (QED) is 0.922. The van der Waals surface area contributed by atoms with Gasteiger partial charge in [0.15, 0.2) is 0 Å². The Bertz CT molecular complexity index is 645. The number of likely N-dealkylation sites (N-methyl/N-ethyl adjacent to an activating group) is 1. The monoisotopic (exact) mass is 322 g/mol. The number of sulfonamides is 1. The van der Waals surface area contributed by atoms with Gasteiger partial charge in [-0.3, -0.25) is 4.79 Å². The molecule has 22 heavy (non-hydrogen) atoms. The molecule has 1 aromatic rings. The second-order valence-corrected chi connectivity index (χ2v) is 7.97. The molecule has 0 aromatic heterocycles. The largest absolute Gasteiger partial charge is 0.358 e. The van der Waals surface area contributed by atoms with Crippen molar-refractivity contribution < 1.29 is 13.2 Å². The van der Waals surface area contributed by atoms with Crippen LogP contribution in [0, 0.1) is 5.92 Å². The summed E-state index contributed by atoms with van der Waals surface area (Å²) in [4.78, 5) is 12.5. The molecule has 0 bridgehead atoms. The highest BCUT2D eigenvalue weighted by atomic mass is 32.2. The predicted molar refractivity (Wildman–Crippen MR) is 83.7 cm³/mol. The second-order valence-electron chi connectivity index (χ2n) is 6.13. The van der Waals surface area contributed by atoms with Crippen molar-refractivity contribution in [1.82, 2.24) is 9.62 Å². The van der Waals surface area contributed by atoms with Gasteiger partial charge in [-0.2, -0.15) is 4.31 Å². The molecule has 1 N–H and O–H groups in total. The molecule has 120 valence electrons. The SMILES string of the molecule is CNC(=O)[C@@H]1C[C@@H]2CCCC[C@@H]2N1S(=O)(=O)c1ccccc1. The van der Waals surface area contributed by atoms with Gasteiger partial charge < -0.3 is 5.32 Å². The number of carbonyl (C=O) groups is 1. The summed E-state index contributed by atoms with van der Waals surface area (Å²) in [6, 6.07) is 7.82. The van der Waals surface area contributed by atoms with Crippen LogP contribution in [0.25, 0.3) is 0 Å². The number of fused-ring (bicyclic) bond motifs is 1. The number of hydrogen-bond donors (Lipinski definition) is 1. The van der Waals surface area contributed by atoms with Crippen LogP contribution in [0.1, 0.15) is 32.1 Å². The molecule has 1 aromatic carbocycles. The normalized spacial score (nSPS) is 29.0. The Balaban J connectivity index is 2.02. The summed E-state index contributed by atoms with van der Waals surface area (Å²) < 4.78 is 27.6. The lowest BCUT2D eigenvalue weighted by molar-refractivity contribution is -0.123. The van der Waals surface area contributed by atoms with Gasteiger partial charge in [0.1, 0.15) is 6.04 Å². The van der Waals surface area contributed by atoms with Crippen LogP contribution < -0.4 is 5.32 Å². The highest BCUT2D eigenvalue weighted by molar-refractivity contribution is 7.89. The highest BCUT2D eigenvalue weighted by Crippen LogP contribution is 2.42. The molecular weight excluding hydrogens is 300 g/mol. The Hall–Kier alpha value is -1.40. The topological polar surface area (TPSA) is 66.5 Å². The van der Waals surface area contributed by atoms with Gasteiger partial charge in [0.05, 0.1) is 4.90 Å². The highest BCUT2D eigenvalue weighted by Gasteiger charge is 2.50. The van der Waals surface area contributed by atoms with Gasteiger partial charge in [-0.05, 0) is 37.3 Å². The van der Waals surface area contributed by atoms with Gasteiger partial charge in [-0.15, -0.1) is 0 Å². The van der Waals surface area contributed by atoms with Gasteiger partial charge in [0.2, 0.25) is 15.9 Å². The Kier molecular flexibility index (Phi) is 4.23. The Labute approximate surface area is 131 Å². The van der Waals surface area contributed by atoms with E-state index < -0.39 is 16.1 Å². The zero-order chi connectivity index (χ0) is 15.7. The first-order valence-electron chi connectivity index (χ1n) is 7.86. The van der Waals surface area contributed by atoms with Gasteiger partial charge in [-0.1, -0.05) is 31.0 Å². The summed E-state index contributed by atoms with van der Waals surface area (Å²) in [6.45, 7) is 0. The zero-order valence-corrected chi connectivity index (χ0v) is 13.6. The summed E-state index contributed by atoms with van der Waals surface area (Å²) in [5.41, 5.74) is 0. The number of amides is 1. The van der Waals surface area contributed by atoms with Crippen LogP contribution in [0.3, 0.4) is 0 Å². The lowest BCUT2D eigenvalue weighted by Crippen LogP contribution is -2.48. The molecule has 2 aliphatic rings. The van der Waals surface area contributed by atoms with E-state index >= 15 is 0 Å². The molecule has 3 atom stereocenters. The first-order chi connectivity index (χ1) is 10.6. The first-order valence-corrected chi connectivity index (χ1v) is 9.30. The van der Waals surface area contributed by atoms with Gasteiger partial charge in [0, 0.05) is 13.1 Å². The maximum Gasteiger partial charge on any atom is 0.244 e. The van der Waals surface area contributed by atoms with Crippen LogP contribution in [-0.4, -0.2) is 37.8 Å². The molecule has 1 amide bonds. The molecule has 1 heterocycles. The number of benzene rings is 1. The summed E-state index contributed by atoms with van der Waals surface area (Å²) >= 11 is 0. The van der Waals surface area contributed by atoms with E-state index in [9.17, 15) is 13.2 Å². The van der Waals surface area contributed by atoms with Gasteiger partial charge >= 0.3 is 0 Å². The smallest absolute Gasteiger partial charge is 0.244 e. The third-order valence-electron chi connectivity index (χ3n) is 4.90. The molecular formula is C16H22N2O3S. The Morgan fingerprint density at radius 2 is 1.86 bits per heavy atom. The minimum atomic E-state index is -3.64. The molecule has 1 aliphatic carbocycles. The number of rotatable bonds is 3. The van der Waals surface area contributed by atoms with Crippen molar-refractivity contribution in [1.29, 1.82) is 0 Å². The van der Waals surface area contributed by atoms with Crippen LogP contribution in [0.4, 0.5) is 0 Å². The number of carbonyl (C=O) groups excluding carboxylic acids is 1. The van der Waals surface area contributed by atoms with Crippen LogP contribution in [-0.2, 0) is 14.8 Å². The summed E-state index contributed by atoms with van der Waals surface area (Å²) in [5.74, 6) is 0.100. The fourth-order valence-electron chi connectivity index (χ4n) is 3.87. The van der Waals surface area contributed by atoms with E-state index in [4.69, 9.17) is 0 Å². The molecule has 1 aliphatic heterocycles. The van der Waals surface area contributed by atoms with Crippen LogP contribution in [0.5, 0.6) is 0 Å². The molecule has 3 rings (SSSR count). The summed E-state index contributed by atoms with van der Waals surface area (Å²) in [7, 11) is -2.07. The van der Waals surface area contributed by atoms with Crippen molar-refractivity contribution in [2.24, 2.45) is 5.92 Å². The third-order valence-corrected chi connectivity index (χ3v) is 6.84. The molecule has 1 saturated heterocycles. The molecule has 5 nitrogen and oxygen atoms in total. The standard InChI is InChI=1S/C16H22N2O3S/c1-17-16(19)15-11-12-7-5-6-10-14(12)18(15)22(20,21)13-8-3-2-4-9-13/h2-4,8-9,12,14-15H,5-7,10-11H2,1H3,(H,17,19)/t12-,14-,15-/m0/s1. The van der Waals surface area contributed by atoms with Gasteiger partial charge in [0.25, 0.3) is 0 Å². The maximum absolute atomic E-state index is 13.1. The average molecular weight is 322 g/mol. The van der Waals surface area contributed by atoms with Crippen molar-refractivity contribution in [3.8, 4) is 0 Å². The Morgan fingerprint density at radius 1 is 1.18 bits per heavy atom. The van der Waals surface area contributed by atoms with E-state index in [0.29, 0.717) is 12.3 Å². The van der Waals surface area contributed by atoms with E-state index in [2.05, 4.69) is 5.32 Å². The predicted octanol–water partition coefficient (Wildman–Crippen LogP) is 1.75. The molecule has 0 radical (unpaired) electrons. The summed E-state index contributed by atoms with van der Waals surface area (Å²) in [5, 5.41) is 2.63. The number of nitrogens with one attached hydrogen (secondary N) is 1. The van der Waals surface area contributed by atoms with Crippen LogP contribution in [0.2, 0.25) is 0 Å². The third kappa shape index (κ3) is 2.54. The summed E-state index contributed by atoms with van der Waals surface area (Å²) in [6.07, 6.45) is 4.66. The maximum atomic E-state index is 13.1. The van der Waals surface area contributed by atoms with Crippen molar-refractivity contribution in [2.45, 2.75) is 49.1 Å². The molecule has 6 heteroatoms. The molecule has 2 fully saturated rings. The van der Waals surface area contributed by atoms with Gasteiger partial charge in [-0.25, -0.2) is 8.42 Å². The van der Waals surface area contributed by atoms with Crippen LogP contribution in [0.15, 0.2) is 35.2 Å².